The lowest BCUT2D eigenvalue weighted by molar-refractivity contribution is -0.119. The topological polar surface area (TPSA) is 66.5 Å². The van der Waals surface area contributed by atoms with Gasteiger partial charge < -0.3 is 5.32 Å². The molecule has 0 bridgehead atoms. The summed E-state index contributed by atoms with van der Waals surface area (Å²) in [4.78, 5) is 40.2. The molecule has 0 radical (unpaired) electrons. The number of rotatable bonds is 5. The van der Waals surface area contributed by atoms with E-state index in [0.717, 1.165) is 10.5 Å². The van der Waals surface area contributed by atoms with E-state index in [1.807, 2.05) is 30.3 Å². The van der Waals surface area contributed by atoms with Crippen molar-refractivity contribution in [3.8, 4) is 0 Å². The van der Waals surface area contributed by atoms with E-state index < -0.39 is 23.8 Å². The maximum absolute atomic E-state index is 13.2. The largest absolute Gasteiger partial charge is 0.323 e. The lowest BCUT2D eigenvalue weighted by Crippen LogP contribution is -2.48. The molecule has 0 unspecified atom stereocenters. The van der Waals surface area contributed by atoms with Crippen LogP contribution in [0, 0.1) is 0 Å². The number of nitrogens with zero attached hydrogens (tertiary/aromatic N) is 1. The van der Waals surface area contributed by atoms with Crippen molar-refractivity contribution < 1.29 is 14.4 Å². The van der Waals surface area contributed by atoms with E-state index in [4.69, 9.17) is 23.2 Å². The fourth-order valence-electron chi connectivity index (χ4n) is 3.44. The molecule has 3 aromatic rings. The van der Waals surface area contributed by atoms with Gasteiger partial charge in [0.05, 0.1) is 21.8 Å². The van der Waals surface area contributed by atoms with Crippen LogP contribution in [0.25, 0.3) is 0 Å². The summed E-state index contributed by atoms with van der Waals surface area (Å²) in [6.45, 7) is 0. The second-order valence-corrected chi connectivity index (χ2v) is 7.69. The molecule has 30 heavy (non-hydrogen) atoms. The highest BCUT2D eigenvalue weighted by Gasteiger charge is 2.42. The SMILES string of the molecule is O=C(Nc1ccc(Cl)cc1Cl)[C@@H](Cc1ccccc1)N1C(=O)c2ccccc2C1=O. The highest BCUT2D eigenvalue weighted by Crippen LogP contribution is 2.29. The van der Waals surface area contributed by atoms with Crippen molar-refractivity contribution in [3.63, 3.8) is 0 Å². The molecule has 0 spiro atoms. The molecule has 5 nitrogen and oxygen atoms in total. The second-order valence-electron chi connectivity index (χ2n) is 6.84. The van der Waals surface area contributed by atoms with Crippen LogP contribution in [0.1, 0.15) is 26.3 Å². The maximum atomic E-state index is 13.2. The summed E-state index contributed by atoms with van der Waals surface area (Å²) in [7, 11) is 0. The van der Waals surface area contributed by atoms with E-state index in [-0.39, 0.29) is 22.6 Å². The van der Waals surface area contributed by atoms with Gasteiger partial charge in [0.2, 0.25) is 5.91 Å². The molecule has 7 heteroatoms. The molecular formula is C23H16Cl2N2O3. The zero-order valence-corrected chi connectivity index (χ0v) is 17.2. The van der Waals surface area contributed by atoms with Crippen molar-refractivity contribution in [1.82, 2.24) is 4.90 Å². The summed E-state index contributed by atoms with van der Waals surface area (Å²) in [6, 6.07) is 19.4. The average molecular weight is 439 g/mol. The summed E-state index contributed by atoms with van der Waals surface area (Å²) in [5.41, 5.74) is 1.74. The molecule has 0 saturated carbocycles. The van der Waals surface area contributed by atoms with Crippen LogP contribution >= 0.6 is 23.2 Å². The molecule has 3 amide bonds. The van der Waals surface area contributed by atoms with E-state index >= 15 is 0 Å². The number of anilines is 1. The van der Waals surface area contributed by atoms with Gasteiger partial charge in [-0.15, -0.1) is 0 Å². The van der Waals surface area contributed by atoms with Crippen LogP contribution in [0.15, 0.2) is 72.8 Å². The van der Waals surface area contributed by atoms with E-state index in [1.165, 1.54) is 6.07 Å². The van der Waals surface area contributed by atoms with Gasteiger partial charge in [0.1, 0.15) is 6.04 Å². The molecule has 0 fully saturated rings. The van der Waals surface area contributed by atoms with Crippen LogP contribution in [0.2, 0.25) is 10.0 Å². The molecule has 0 saturated heterocycles. The minimum atomic E-state index is -1.05. The summed E-state index contributed by atoms with van der Waals surface area (Å²) in [6.07, 6.45) is 0.170. The minimum absolute atomic E-state index is 0.170. The Balaban J connectivity index is 1.69. The number of amides is 3. The average Bonchev–Trinajstić information content (AvgIpc) is 3.00. The Hall–Kier alpha value is -3.15. The van der Waals surface area contributed by atoms with Crippen molar-refractivity contribution in [2.45, 2.75) is 12.5 Å². The number of nitrogens with one attached hydrogen (secondary N) is 1. The van der Waals surface area contributed by atoms with Gasteiger partial charge in [-0.1, -0.05) is 65.7 Å². The molecule has 0 aliphatic carbocycles. The van der Waals surface area contributed by atoms with E-state index in [9.17, 15) is 14.4 Å². The van der Waals surface area contributed by atoms with Gasteiger partial charge in [0, 0.05) is 11.4 Å². The van der Waals surface area contributed by atoms with E-state index in [0.29, 0.717) is 10.7 Å². The normalized spacial score (nSPS) is 13.9. The standard InChI is InChI=1S/C23H16Cl2N2O3/c24-15-10-11-19(18(25)13-15)26-21(28)20(12-14-6-2-1-3-7-14)27-22(29)16-8-4-5-9-17(16)23(27)30/h1-11,13,20H,12H2,(H,26,28)/t20-/m1/s1. The third-order valence-corrected chi connectivity index (χ3v) is 5.45. The summed E-state index contributed by atoms with van der Waals surface area (Å²) < 4.78 is 0. The number of halogens is 2. The fourth-order valence-corrected chi connectivity index (χ4v) is 3.89. The summed E-state index contributed by atoms with van der Waals surface area (Å²) in [5.74, 6) is -1.50. The Morgan fingerprint density at radius 1 is 0.867 bits per heavy atom. The van der Waals surface area contributed by atoms with Crippen LogP contribution < -0.4 is 5.32 Å². The molecule has 1 heterocycles. The molecule has 3 aromatic carbocycles. The molecule has 150 valence electrons. The van der Waals surface area contributed by atoms with Crippen LogP contribution in [0.3, 0.4) is 0 Å². The highest BCUT2D eigenvalue weighted by molar-refractivity contribution is 6.36. The zero-order chi connectivity index (χ0) is 21.3. The van der Waals surface area contributed by atoms with Gasteiger partial charge in [-0.05, 0) is 35.9 Å². The highest BCUT2D eigenvalue weighted by atomic mass is 35.5. The first-order valence-corrected chi connectivity index (χ1v) is 9.98. The molecular weight excluding hydrogens is 423 g/mol. The Bertz CT molecular complexity index is 1110. The van der Waals surface area contributed by atoms with Crippen LogP contribution in [0.5, 0.6) is 0 Å². The molecule has 1 aliphatic heterocycles. The fraction of sp³-hybridized carbons (Fsp3) is 0.0870. The smallest absolute Gasteiger partial charge is 0.262 e. The molecule has 1 atom stereocenters. The number of hydrogen-bond acceptors (Lipinski definition) is 3. The van der Waals surface area contributed by atoms with E-state index in [1.54, 1.807) is 36.4 Å². The number of benzene rings is 3. The lowest BCUT2D eigenvalue weighted by Gasteiger charge is -2.25. The first kappa shape index (κ1) is 20.1. The Morgan fingerprint density at radius 2 is 1.47 bits per heavy atom. The van der Waals surface area contributed by atoms with Gasteiger partial charge in [-0.2, -0.15) is 0 Å². The zero-order valence-electron chi connectivity index (χ0n) is 15.6. The van der Waals surface area contributed by atoms with Crippen molar-refractivity contribution in [2.75, 3.05) is 5.32 Å². The van der Waals surface area contributed by atoms with Crippen molar-refractivity contribution in [1.29, 1.82) is 0 Å². The number of imide groups is 1. The van der Waals surface area contributed by atoms with Gasteiger partial charge in [-0.25, -0.2) is 0 Å². The van der Waals surface area contributed by atoms with E-state index in [2.05, 4.69) is 5.32 Å². The first-order valence-electron chi connectivity index (χ1n) is 9.22. The van der Waals surface area contributed by atoms with Crippen LogP contribution in [0.4, 0.5) is 5.69 Å². The lowest BCUT2D eigenvalue weighted by atomic mass is 10.0. The van der Waals surface area contributed by atoms with Gasteiger partial charge >= 0.3 is 0 Å². The van der Waals surface area contributed by atoms with Crippen molar-refractivity contribution >= 4 is 46.6 Å². The first-order chi connectivity index (χ1) is 14.5. The monoisotopic (exact) mass is 438 g/mol. The second kappa shape index (κ2) is 8.30. The molecule has 1 N–H and O–H groups in total. The van der Waals surface area contributed by atoms with Crippen LogP contribution in [-0.4, -0.2) is 28.7 Å². The number of hydrogen-bond donors (Lipinski definition) is 1. The van der Waals surface area contributed by atoms with Crippen molar-refractivity contribution in [2.24, 2.45) is 0 Å². The number of carbonyl (C=O) groups is 3. The predicted octanol–water partition coefficient (Wildman–Crippen LogP) is 4.84. The van der Waals surface area contributed by atoms with Gasteiger partial charge in [0.15, 0.2) is 0 Å². The molecule has 0 aromatic heterocycles. The third kappa shape index (κ3) is 3.82. The summed E-state index contributed by atoms with van der Waals surface area (Å²) >= 11 is 12.1. The van der Waals surface area contributed by atoms with Gasteiger partial charge in [0.25, 0.3) is 11.8 Å². The third-order valence-electron chi connectivity index (χ3n) is 4.90. The quantitative estimate of drug-likeness (QED) is 0.579. The van der Waals surface area contributed by atoms with Crippen LogP contribution in [-0.2, 0) is 11.2 Å². The van der Waals surface area contributed by atoms with Gasteiger partial charge in [-0.3, -0.25) is 19.3 Å². The maximum Gasteiger partial charge on any atom is 0.262 e. The Morgan fingerprint density at radius 3 is 2.07 bits per heavy atom. The Labute approximate surface area is 183 Å². The predicted molar refractivity (Wildman–Crippen MR) is 116 cm³/mol. The summed E-state index contributed by atoms with van der Waals surface area (Å²) in [5, 5.41) is 3.42. The number of fused-ring (bicyclic) bond motifs is 1. The Kier molecular flexibility index (Phi) is 5.57. The molecule has 4 rings (SSSR count). The molecule has 1 aliphatic rings. The van der Waals surface area contributed by atoms with Crippen molar-refractivity contribution in [3.05, 3.63) is 99.5 Å². The minimum Gasteiger partial charge on any atom is -0.323 e. The number of carbonyl (C=O) groups excluding carboxylic acids is 3.